The minimum absolute atomic E-state index is 0.752. The first-order valence-electron chi connectivity index (χ1n) is 7.97. The van der Waals surface area contributed by atoms with Crippen molar-refractivity contribution in [2.24, 2.45) is 0 Å². The molecule has 0 spiro atoms. The Kier molecular flexibility index (Phi) is 4.69. The third-order valence-corrected chi connectivity index (χ3v) is 6.10. The van der Waals surface area contributed by atoms with Crippen LogP contribution in [-0.2, 0) is 6.42 Å². The smallest absolute Gasteiger partial charge is 0.0263 e. The maximum Gasteiger partial charge on any atom is 0.0263 e. The molecule has 2 unspecified atom stereocenters. The molecule has 20 heavy (non-hydrogen) atoms. The number of rotatable bonds is 4. The van der Waals surface area contributed by atoms with Crippen molar-refractivity contribution in [2.75, 3.05) is 32.7 Å². The number of nitrogens with zero attached hydrogens (tertiary/aromatic N) is 2. The Labute approximate surface area is 127 Å². The third-order valence-electron chi connectivity index (χ3n) is 4.80. The molecule has 2 aliphatic heterocycles. The van der Waals surface area contributed by atoms with Crippen LogP contribution in [-0.4, -0.2) is 53.8 Å². The van der Waals surface area contributed by atoms with Crippen molar-refractivity contribution in [2.45, 2.75) is 42.9 Å². The van der Waals surface area contributed by atoms with E-state index in [9.17, 15) is 0 Å². The van der Waals surface area contributed by atoms with Crippen LogP contribution in [0.15, 0.2) is 29.2 Å². The van der Waals surface area contributed by atoms with E-state index >= 15 is 0 Å². The van der Waals surface area contributed by atoms with Gasteiger partial charge < -0.3 is 0 Å². The highest BCUT2D eigenvalue weighted by molar-refractivity contribution is 8.00. The Hall–Kier alpha value is -0.510. The van der Waals surface area contributed by atoms with Gasteiger partial charge in [-0.25, -0.2) is 0 Å². The van der Waals surface area contributed by atoms with E-state index in [0.717, 1.165) is 11.3 Å². The molecular formula is C17H26N2S. The lowest BCUT2D eigenvalue weighted by atomic mass is 10.1. The lowest BCUT2D eigenvalue weighted by Gasteiger charge is -2.38. The molecule has 110 valence electrons. The van der Waals surface area contributed by atoms with Crippen LogP contribution < -0.4 is 0 Å². The minimum atomic E-state index is 0.752. The zero-order chi connectivity index (χ0) is 13.9. The molecule has 1 fully saturated rings. The van der Waals surface area contributed by atoms with Gasteiger partial charge in [0, 0.05) is 48.9 Å². The zero-order valence-corrected chi connectivity index (χ0v) is 13.5. The summed E-state index contributed by atoms with van der Waals surface area (Å²) in [4.78, 5) is 6.82. The van der Waals surface area contributed by atoms with Crippen molar-refractivity contribution in [3.05, 3.63) is 29.8 Å². The summed E-state index contributed by atoms with van der Waals surface area (Å²) in [6.07, 6.45) is 2.53. The monoisotopic (exact) mass is 290 g/mol. The Balaban J connectivity index is 1.47. The normalized spacial score (nSPS) is 25.6. The second-order valence-corrected chi connectivity index (χ2v) is 7.49. The molecule has 1 saturated heterocycles. The molecule has 1 aromatic rings. The standard InChI is InChI=1S/C17H26N2S/c1-3-14(2)19-10-8-18(9-11-19)13-16-12-15-6-4-5-7-17(15)20-16/h4-7,14,16H,3,8-13H2,1-2H3. The van der Waals surface area contributed by atoms with Gasteiger partial charge in [-0.05, 0) is 31.4 Å². The SMILES string of the molecule is CCC(C)N1CCN(CC2Cc3ccccc3S2)CC1. The van der Waals surface area contributed by atoms with E-state index in [4.69, 9.17) is 0 Å². The van der Waals surface area contributed by atoms with Gasteiger partial charge in [-0.2, -0.15) is 0 Å². The number of benzene rings is 1. The van der Waals surface area contributed by atoms with Gasteiger partial charge in [0.15, 0.2) is 0 Å². The van der Waals surface area contributed by atoms with Gasteiger partial charge >= 0.3 is 0 Å². The first-order valence-corrected chi connectivity index (χ1v) is 8.85. The van der Waals surface area contributed by atoms with Gasteiger partial charge in [-0.15, -0.1) is 11.8 Å². The molecule has 3 heteroatoms. The summed E-state index contributed by atoms with van der Waals surface area (Å²) in [5.74, 6) is 0. The van der Waals surface area contributed by atoms with Crippen LogP contribution >= 0.6 is 11.8 Å². The van der Waals surface area contributed by atoms with Crippen LogP contribution in [0.5, 0.6) is 0 Å². The second-order valence-electron chi connectivity index (χ2n) is 6.15. The topological polar surface area (TPSA) is 6.48 Å². The van der Waals surface area contributed by atoms with Gasteiger partial charge in [-0.1, -0.05) is 25.1 Å². The number of hydrogen-bond donors (Lipinski definition) is 0. The number of thioether (sulfide) groups is 1. The third kappa shape index (κ3) is 3.21. The molecule has 0 bridgehead atoms. The van der Waals surface area contributed by atoms with Crippen LogP contribution in [0.2, 0.25) is 0 Å². The van der Waals surface area contributed by atoms with E-state index in [1.54, 1.807) is 5.56 Å². The lowest BCUT2D eigenvalue weighted by molar-refractivity contribution is 0.101. The summed E-state index contributed by atoms with van der Waals surface area (Å²) < 4.78 is 0. The number of hydrogen-bond acceptors (Lipinski definition) is 3. The maximum atomic E-state index is 2.67. The van der Waals surface area contributed by atoms with Crippen LogP contribution in [0.1, 0.15) is 25.8 Å². The van der Waals surface area contributed by atoms with Crippen LogP contribution in [0.25, 0.3) is 0 Å². The largest absolute Gasteiger partial charge is 0.300 e. The van der Waals surface area contributed by atoms with Gasteiger partial charge in [0.25, 0.3) is 0 Å². The van der Waals surface area contributed by atoms with Gasteiger partial charge in [0.2, 0.25) is 0 Å². The first kappa shape index (κ1) is 14.4. The van der Waals surface area contributed by atoms with Crippen molar-refractivity contribution >= 4 is 11.8 Å². The summed E-state index contributed by atoms with van der Waals surface area (Å²) in [5, 5.41) is 0.766. The number of piperazine rings is 1. The summed E-state index contributed by atoms with van der Waals surface area (Å²) >= 11 is 2.09. The van der Waals surface area contributed by atoms with Gasteiger partial charge in [0.05, 0.1) is 0 Å². The summed E-state index contributed by atoms with van der Waals surface area (Å²) in [6.45, 7) is 10.9. The molecule has 0 N–H and O–H groups in total. The highest BCUT2D eigenvalue weighted by atomic mass is 32.2. The first-order chi connectivity index (χ1) is 9.76. The van der Waals surface area contributed by atoms with E-state index in [0.29, 0.717) is 0 Å². The van der Waals surface area contributed by atoms with Crippen molar-refractivity contribution < 1.29 is 0 Å². The fraction of sp³-hybridized carbons (Fsp3) is 0.647. The Morgan fingerprint density at radius 2 is 1.95 bits per heavy atom. The highest BCUT2D eigenvalue weighted by Gasteiger charge is 2.26. The van der Waals surface area contributed by atoms with Gasteiger partial charge in [-0.3, -0.25) is 9.80 Å². The average Bonchev–Trinajstić information content (AvgIpc) is 2.89. The fourth-order valence-corrected chi connectivity index (χ4v) is 4.66. The Morgan fingerprint density at radius 3 is 2.65 bits per heavy atom. The number of fused-ring (bicyclic) bond motifs is 1. The van der Waals surface area contributed by atoms with Gasteiger partial charge in [0.1, 0.15) is 0 Å². The predicted molar refractivity (Wildman–Crippen MR) is 87.6 cm³/mol. The maximum absolute atomic E-state index is 2.67. The molecule has 2 heterocycles. The van der Waals surface area contributed by atoms with Crippen molar-refractivity contribution in [1.29, 1.82) is 0 Å². The van der Waals surface area contributed by atoms with E-state index in [-0.39, 0.29) is 0 Å². The molecule has 1 aromatic carbocycles. The molecule has 3 rings (SSSR count). The Bertz CT molecular complexity index is 415. The van der Waals surface area contributed by atoms with E-state index in [2.05, 4.69) is 59.7 Å². The lowest BCUT2D eigenvalue weighted by Crippen LogP contribution is -2.50. The molecule has 0 aromatic heterocycles. The van der Waals surface area contributed by atoms with Crippen LogP contribution in [0, 0.1) is 0 Å². The van der Waals surface area contributed by atoms with E-state index in [1.165, 1.54) is 50.5 Å². The summed E-state index contributed by atoms with van der Waals surface area (Å²) in [6, 6.07) is 9.66. The van der Waals surface area contributed by atoms with E-state index in [1.807, 2.05) is 0 Å². The van der Waals surface area contributed by atoms with Crippen molar-refractivity contribution in [1.82, 2.24) is 9.80 Å². The highest BCUT2D eigenvalue weighted by Crippen LogP contribution is 2.37. The Morgan fingerprint density at radius 1 is 1.20 bits per heavy atom. The molecular weight excluding hydrogens is 264 g/mol. The summed E-state index contributed by atoms with van der Waals surface area (Å²) in [5.41, 5.74) is 1.56. The molecule has 2 atom stereocenters. The molecule has 0 amide bonds. The average molecular weight is 290 g/mol. The minimum Gasteiger partial charge on any atom is -0.300 e. The molecule has 0 radical (unpaired) electrons. The second kappa shape index (κ2) is 6.50. The fourth-order valence-electron chi connectivity index (χ4n) is 3.29. The predicted octanol–water partition coefficient (Wildman–Crippen LogP) is 3.12. The van der Waals surface area contributed by atoms with E-state index < -0.39 is 0 Å². The van der Waals surface area contributed by atoms with Crippen molar-refractivity contribution in [3.63, 3.8) is 0 Å². The molecule has 2 aliphatic rings. The summed E-state index contributed by atoms with van der Waals surface area (Å²) in [7, 11) is 0. The molecule has 2 nitrogen and oxygen atoms in total. The molecule has 0 saturated carbocycles. The zero-order valence-electron chi connectivity index (χ0n) is 12.7. The quantitative estimate of drug-likeness (QED) is 0.841. The molecule has 0 aliphatic carbocycles. The van der Waals surface area contributed by atoms with Crippen LogP contribution in [0.3, 0.4) is 0 Å². The van der Waals surface area contributed by atoms with Crippen molar-refractivity contribution in [3.8, 4) is 0 Å². The van der Waals surface area contributed by atoms with Crippen LogP contribution in [0.4, 0.5) is 0 Å².